The highest BCUT2D eigenvalue weighted by molar-refractivity contribution is 14.0. The van der Waals surface area contributed by atoms with Gasteiger partial charge in [0.25, 0.3) is 0 Å². The number of carbonyl (C=O) groups is 1. The van der Waals surface area contributed by atoms with Crippen molar-refractivity contribution in [3.8, 4) is 0 Å². The Kier molecular flexibility index (Phi) is 4.23. The van der Waals surface area contributed by atoms with E-state index >= 15 is 0 Å². The van der Waals surface area contributed by atoms with Gasteiger partial charge in [0, 0.05) is 0 Å². The molecule has 0 saturated heterocycles. The van der Waals surface area contributed by atoms with E-state index in [4.69, 9.17) is 5.11 Å². The highest BCUT2D eigenvalue weighted by atomic mass is 127. The number of benzene rings is 1. The Morgan fingerprint density at radius 3 is 2.33 bits per heavy atom. The van der Waals surface area contributed by atoms with Crippen LogP contribution in [0.2, 0.25) is 0 Å². The summed E-state index contributed by atoms with van der Waals surface area (Å²) in [6.07, 6.45) is 0. The van der Waals surface area contributed by atoms with Crippen molar-refractivity contribution in [3.63, 3.8) is 0 Å². The van der Waals surface area contributed by atoms with E-state index in [0.29, 0.717) is 5.56 Å². The molecule has 66 valence electrons. The normalized spacial score (nSPS) is 8.83. The van der Waals surface area contributed by atoms with Gasteiger partial charge in [-0.3, -0.25) is 0 Å². The molecule has 0 aliphatic heterocycles. The number of carboxylic acid groups (broad SMARTS) is 1. The Balaban J connectivity index is 0.00000121. The average Bonchev–Trinajstić information content (AvgIpc) is 1.85. The molecule has 0 amide bonds. The van der Waals surface area contributed by atoms with Crippen molar-refractivity contribution in [2.75, 3.05) is 0 Å². The number of hydrogen-bond donors (Lipinski definition) is 1. The molecule has 0 heterocycles. The third-order valence-corrected chi connectivity index (χ3v) is 1.61. The Labute approximate surface area is 88.6 Å². The van der Waals surface area contributed by atoms with Crippen molar-refractivity contribution < 1.29 is 9.90 Å². The Morgan fingerprint density at radius 2 is 1.92 bits per heavy atom. The monoisotopic (exact) mass is 278 g/mol. The molecule has 0 aliphatic rings. The zero-order valence-corrected chi connectivity index (χ0v) is 9.33. The summed E-state index contributed by atoms with van der Waals surface area (Å²) in [5.74, 6) is -0.859. The quantitative estimate of drug-likeness (QED) is 0.802. The van der Waals surface area contributed by atoms with Crippen LogP contribution in [0.4, 0.5) is 0 Å². The third-order valence-electron chi connectivity index (χ3n) is 1.61. The van der Waals surface area contributed by atoms with E-state index in [1.54, 1.807) is 19.1 Å². The van der Waals surface area contributed by atoms with Crippen molar-refractivity contribution in [2.45, 2.75) is 13.8 Å². The maximum Gasteiger partial charge on any atom is 0.335 e. The largest absolute Gasteiger partial charge is 0.478 e. The van der Waals surface area contributed by atoms with Crippen molar-refractivity contribution >= 4 is 29.9 Å². The van der Waals surface area contributed by atoms with Crippen molar-refractivity contribution in [1.82, 2.24) is 0 Å². The van der Waals surface area contributed by atoms with Crippen molar-refractivity contribution in [2.24, 2.45) is 0 Å². The molecular formula is C9H11IO2. The molecule has 1 aromatic rings. The van der Waals surface area contributed by atoms with Crippen LogP contribution in [0.5, 0.6) is 0 Å². The van der Waals surface area contributed by atoms with Gasteiger partial charge in [-0.25, -0.2) is 4.79 Å². The van der Waals surface area contributed by atoms with Crippen LogP contribution in [0.3, 0.4) is 0 Å². The molecule has 1 aromatic carbocycles. The van der Waals surface area contributed by atoms with Gasteiger partial charge in [0.2, 0.25) is 0 Å². The zero-order chi connectivity index (χ0) is 8.43. The molecular weight excluding hydrogens is 267 g/mol. The van der Waals surface area contributed by atoms with E-state index < -0.39 is 5.97 Å². The van der Waals surface area contributed by atoms with Gasteiger partial charge in [0.1, 0.15) is 0 Å². The van der Waals surface area contributed by atoms with Gasteiger partial charge < -0.3 is 5.11 Å². The summed E-state index contributed by atoms with van der Waals surface area (Å²) in [5, 5.41) is 8.66. The highest BCUT2D eigenvalue weighted by Gasteiger charge is 2.04. The second-order valence-corrected chi connectivity index (χ2v) is 2.62. The lowest BCUT2D eigenvalue weighted by atomic mass is 10.1. The SMILES string of the molecule is Cc1ccc(C(=O)O)c(C)c1.I. The fraction of sp³-hybridized carbons (Fsp3) is 0.222. The predicted octanol–water partition coefficient (Wildman–Crippen LogP) is 2.62. The summed E-state index contributed by atoms with van der Waals surface area (Å²) in [7, 11) is 0. The minimum atomic E-state index is -0.859. The molecule has 3 heteroatoms. The summed E-state index contributed by atoms with van der Waals surface area (Å²) in [4.78, 5) is 10.5. The molecule has 0 bridgehead atoms. The van der Waals surface area contributed by atoms with Crippen LogP contribution in [0.1, 0.15) is 21.5 Å². The smallest absolute Gasteiger partial charge is 0.335 e. The first-order valence-electron chi connectivity index (χ1n) is 3.42. The van der Waals surface area contributed by atoms with Crippen LogP contribution in [-0.4, -0.2) is 11.1 Å². The van der Waals surface area contributed by atoms with Crippen LogP contribution in [0.25, 0.3) is 0 Å². The maximum atomic E-state index is 10.5. The standard InChI is InChI=1S/C9H10O2.HI/c1-6-3-4-8(9(10)11)7(2)5-6;/h3-5H,1-2H3,(H,10,11);1H. The number of rotatable bonds is 1. The lowest BCUT2D eigenvalue weighted by molar-refractivity contribution is 0.0696. The van der Waals surface area contributed by atoms with E-state index in [2.05, 4.69) is 0 Å². The molecule has 0 unspecified atom stereocenters. The van der Waals surface area contributed by atoms with E-state index in [1.807, 2.05) is 13.0 Å². The number of aryl methyl sites for hydroxylation is 2. The van der Waals surface area contributed by atoms with Gasteiger partial charge >= 0.3 is 5.97 Å². The molecule has 2 nitrogen and oxygen atoms in total. The Bertz CT molecular complexity index is 295. The minimum Gasteiger partial charge on any atom is -0.478 e. The predicted molar refractivity (Wildman–Crippen MR) is 58.3 cm³/mol. The summed E-state index contributed by atoms with van der Waals surface area (Å²) in [6.45, 7) is 3.75. The molecule has 0 spiro atoms. The lowest BCUT2D eigenvalue weighted by Gasteiger charge is -2.00. The minimum absolute atomic E-state index is 0. The second-order valence-electron chi connectivity index (χ2n) is 2.62. The average molecular weight is 278 g/mol. The number of aromatic carboxylic acids is 1. The summed E-state index contributed by atoms with van der Waals surface area (Å²) in [5.41, 5.74) is 2.29. The van der Waals surface area contributed by atoms with Crippen LogP contribution >= 0.6 is 24.0 Å². The summed E-state index contributed by atoms with van der Waals surface area (Å²) in [6, 6.07) is 5.30. The molecule has 1 rings (SSSR count). The first kappa shape index (κ1) is 11.4. The first-order chi connectivity index (χ1) is 5.11. The van der Waals surface area contributed by atoms with Gasteiger partial charge in [-0.15, -0.1) is 24.0 Å². The molecule has 0 saturated carbocycles. The van der Waals surface area contributed by atoms with Gasteiger partial charge in [0.15, 0.2) is 0 Å². The molecule has 12 heavy (non-hydrogen) atoms. The molecule has 0 fully saturated rings. The number of carboxylic acids is 1. The van der Waals surface area contributed by atoms with Crippen molar-refractivity contribution in [1.29, 1.82) is 0 Å². The van der Waals surface area contributed by atoms with E-state index in [1.165, 1.54) is 0 Å². The van der Waals surface area contributed by atoms with Gasteiger partial charge in [-0.1, -0.05) is 17.7 Å². The van der Waals surface area contributed by atoms with Crippen LogP contribution < -0.4 is 0 Å². The molecule has 0 aliphatic carbocycles. The molecule has 1 N–H and O–H groups in total. The maximum absolute atomic E-state index is 10.5. The highest BCUT2D eigenvalue weighted by Crippen LogP contribution is 2.09. The topological polar surface area (TPSA) is 37.3 Å². The van der Waals surface area contributed by atoms with Crippen LogP contribution in [0.15, 0.2) is 18.2 Å². The van der Waals surface area contributed by atoms with Gasteiger partial charge in [-0.2, -0.15) is 0 Å². The van der Waals surface area contributed by atoms with E-state index in [9.17, 15) is 4.79 Å². The van der Waals surface area contributed by atoms with E-state index in [-0.39, 0.29) is 24.0 Å². The van der Waals surface area contributed by atoms with Crippen LogP contribution in [0, 0.1) is 13.8 Å². The Morgan fingerprint density at radius 1 is 1.33 bits per heavy atom. The second kappa shape index (κ2) is 4.45. The molecule has 0 aromatic heterocycles. The summed E-state index contributed by atoms with van der Waals surface area (Å²) >= 11 is 0. The molecule has 0 atom stereocenters. The third kappa shape index (κ3) is 2.48. The number of halogens is 1. The fourth-order valence-electron chi connectivity index (χ4n) is 1.05. The zero-order valence-electron chi connectivity index (χ0n) is 7.00. The lowest BCUT2D eigenvalue weighted by Crippen LogP contribution is -1.99. The van der Waals surface area contributed by atoms with Crippen LogP contribution in [-0.2, 0) is 0 Å². The molecule has 0 radical (unpaired) electrons. The summed E-state index contributed by atoms with van der Waals surface area (Å²) < 4.78 is 0. The van der Waals surface area contributed by atoms with Crippen molar-refractivity contribution in [3.05, 3.63) is 34.9 Å². The fourth-order valence-corrected chi connectivity index (χ4v) is 1.05. The van der Waals surface area contributed by atoms with Gasteiger partial charge in [-0.05, 0) is 25.5 Å². The Hall–Kier alpha value is -0.580. The van der Waals surface area contributed by atoms with Gasteiger partial charge in [0.05, 0.1) is 5.56 Å². The van der Waals surface area contributed by atoms with E-state index in [0.717, 1.165) is 11.1 Å². The first-order valence-corrected chi connectivity index (χ1v) is 3.42. The number of hydrogen-bond acceptors (Lipinski definition) is 1.